The molecule has 4 nitrogen and oxygen atoms in total. The summed E-state index contributed by atoms with van der Waals surface area (Å²) in [6.07, 6.45) is 3.33. The molecular formula is C10H18N4. The van der Waals surface area contributed by atoms with Gasteiger partial charge in [-0.15, -0.1) is 0 Å². The maximum Gasteiger partial charge on any atom is 0.129 e. The van der Waals surface area contributed by atoms with Gasteiger partial charge < -0.3 is 5.32 Å². The molecule has 0 spiro atoms. The Morgan fingerprint density at radius 2 is 2.36 bits per heavy atom. The highest BCUT2D eigenvalue weighted by Crippen LogP contribution is 2.15. The maximum atomic E-state index is 4.13. The summed E-state index contributed by atoms with van der Waals surface area (Å²) in [6.45, 7) is 6.67. The summed E-state index contributed by atoms with van der Waals surface area (Å²) in [4.78, 5) is 10.4. The van der Waals surface area contributed by atoms with E-state index in [1.54, 1.807) is 12.5 Å². The molecule has 4 heteroatoms. The van der Waals surface area contributed by atoms with Gasteiger partial charge in [-0.3, -0.25) is 4.90 Å². The SMILES string of the molecule is CC(C)N1CC(Nc2ccncn2)C1.[HH]. The summed E-state index contributed by atoms with van der Waals surface area (Å²) >= 11 is 0. The molecule has 1 N–H and O–H groups in total. The van der Waals surface area contributed by atoms with Crippen molar-refractivity contribution in [1.29, 1.82) is 0 Å². The van der Waals surface area contributed by atoms with E-state index in [-0.39, 0.29) is 1.43 Å². The summed E-state index contributed by atoms with van der Waals surface area (Å²) in [5.41, 5.74) is 0. The van der Waals surface area contributed by atoms with Gasteiger partial charge in [-0.1, -0.05) is 0 Å². The Bertz CT molecular complexity index is 285. The van der Waals surface area contributed by atoms with Crippen LogP contribution in [0.4, 0.5) is 5.82 Å². The van der Waals surface area contributed by atoms with E-state index < -0.39 is 0 Å². The van der Waals surface area contributed by atoms with Crippen molar-refractivity contribution in [3.8, 4) is 0 Å². The van der Waals surface area contributed by atoms with Crippen molar-refractivity contribution in [3.05, 3.63) is 18.6 Å². The molecule has 0 bridgehead atoms. The van der Waals surface area contributed by atoms with Crippen LogP contribution in [0.15, 0.2) is 18.6 Å². The van der Waals surface area contributed by atoms with E-state index in [0.29, 0.717) is 12.1 Å². The first kappa shape index (κ1) is 9.40. The Balaban J connectivity index is 0.00000112. The molecule has 1 aliphatic heterocycles. The van der Waals surface area contributed by atoms with Crippen LogP contribution in [0.1, 0.15) is 15.3 Å². The van der Waals surface area contributed by atoms with Crippen LogP contribution in [0.25, 0.3) is 0 Å². The van der Waals surface area contributed by atoms with Gasteiger partial charge in [0.15, 0.2) is 0 Å². The highest BCUT2D eigenvalue weighted by atomic mass is 15.3. The number of anilines is 1. The third-order valence-corrected chi connectivity index (χ3v) is 2.57. The minimum atomic E-state index is 0. The van der Waals surface area contributed by atoms with Crippen LogP contribution in [0, 0.1) is 0 Å². The molecule has 1 fully saturated rings. The number of nitrogens with zero attached hydrogens (tertiary/aromatic N) is 3. The lowest BCUT2D eigenvalue weighted by Crippen LogP contribution is -2.57. The van der Waals surface area contributed by atoms with Gasteiger partial charge in [0.2, 0.25) is 0 Å². The summed E-state index contributed by atoms with van der Waals surface area (Å²) in [5, 5.41) is 3.37. The van der Waals surface area contributed by atoms with E-state index in [0.717, 1.165) is 18.9 Å². The van der Waals surface area contributed by atoms with Crippen LogP contribution >= 0.6 is 0 Å². The molecule has 1 aliphatic rings. The minimum absolute atomic E-state index is 0. The van der Waals surface area contributed by atoms with Crippen LogP contribution in [-0.2, 0) is 0 Å². The summed E-state index contributed by atoms with van der Waals surface area (Å²) in [7, 11) is 0. The van der Waals surface area contributed by atoms with Gasteiger partial charge >= 0.3 is 0 Å². The molecular weight excluding hydrogens is 176 g/mol. The Morgan fingerprint density at radius 1 is 1.57 bits per heavy atom. The molecule has 78 valence electrons. The number of likely N-dealkylation sites (tertiary alicyclic amines) is 1. The molecule has 0 atom stereocenters. The van der Waals surface area contributed by atoms with Gasteiger partial charge in [0.25, 0.3) is 0 Å². The van der Waals surface area contributed by atoms with E-state index >= 15 is 0 Å². The Hall–Kier alpha value is -1.16. The monoisotopic (exact) mass is 194 g/mol. The Morgan fingerprint density at radius 3 is 2.93 bits per heavy atom. The maximum absolute atomic E-state index is 4.13. The first-order valence-corrected chi connectivity index (χ1v) is 5.02. The number of aromatic nitrogens is 2. The second-order valence-electron chi connectivity index (χ2n) is 3.98. The van der Waals surface area contributed by atoms with Gasteiger partial charge in [0.05, 0.1) is 6.04 Å². The van der Waals surface area contributed by atoms with Gasteiger partial charge in [-0.25, -0.2) is 9.97 Å². The van der Waals surface area contributed by atoms with Crippen LogP contribution < -0.4 is 5.32 Å². The molecule has 1 saturated heterocycles. The number of hydrogen-bond donors (Lipinski definition) is 1. The van der Waals surface area contributed by atoms with Gasteiger partial charge in [0, 0.05) is 26.8 Å². The van der Waals surface area contributed by atoms with Crippen molar-refractivity contribution in [2.75, 3.05) is 18.4 Å². The number of hydrogen-bond acceptors (Lipinski definition) is 4. The van der Waals surface area contributed by atoms with Crippen molar-refractivity contribution in [2.24, 2.45) is 0 Å². The zero-order valence-electron chi connectivity index (χ0n) is 8.64. The smallest absolute Gasteiger partial charge is 0.129 e. The predicted molar refractivity (Wildman–Crippen MR) is 58.3 cm³/mol. The van der Waals surface area contributed by atoms with Crippen molar-refractivity contribution >= 4 is 5.82 Å². The standard InChI is InChI=1S/C10H16N4.H2/c1-8(2)14-5-9(6-14)13-10-3-4-11-7-12-10;/h3-4,7-9H,5-6H2,1-2H3,(H,11,12,13);1H. The van der Waals surface area contributed by atoms with Crippen LogP contribution in [-0.4, -0.2) is 40.0 Å². The molecule has 0 radical (unpaired) electrons. The summed E-state index contributed by atoms with van der Waals surface area (Å²) in [6, 6.07) is 3.10. The average molecular weight is 194 g/mol. The van der Waals surface area contributed by atoms with Crippen LogP contribution in [0.5, 0.6) is 0 Å². The highest BCUT2D eigenvalue weighted by molar-refractivity contribution is 5.34. The molecule has 0 aliphatic carbocycles. The normalized spacial score (nSPS) is 18.2. The lowest BCUT2D eigenvalue weighted by Gasteiger charge is -2.42. The zero-order chi connectivity index (χ0) is 9.97. The summed E-state index contributed by atoms with van der Waals surface area (Å²) in [5.74, 6) is 0.924. The van der Waals surface area contributed by atoms with E-state index in [9.17, 15) is 0 Å². The second kappa shape index (κ2) is 3.92. The molecule has 1 aromatic rings. The predicted octanol–water partition coefficient (Wildman–Crippen LogP) is 1.23. The van der Waals surface area contributed by atoms with Crippen LogP contribution in [0.3, 0.4) is 0 Å². The van der Waals surface area contributed by atoms with Crippen molar-refractivity contribution < 1.29 is 1.43 Å². The lowest BCUT2D eigenvalue weighted by atomic mass is 10.1. The van der Waals surface area contributed by atoms with Gasteiger partial charge in [-0.2, -0.15) is 0 Å². The van der Waals surface area contributed by atoms with Gasteiger partial charge in [0.1, 0.15) is 12.1 Å². The van der Waals surface area contributed by atoms with Crippen molar-refractivity contribution in [1.82, 2.24) is 14.9 Å². The quantitative estimate of drug-likeness (QED) is 0.785. The summed E-state index contributed by atoms with van der Waals surface area (Å²) < 4.78 is 0. The first-order chi connectivity index (χ1) is 6.75. The van der Waals surface area contributed by atoms with Crippen LogP contribution in [0.2, 0.25) is 0 Å². The average Bonchev–Trinajstić information content (AvgIpc) is 2.12. The fourth-order valence-corrected chi connectivity index (χ4v) is 1.61. The number of nitrogens with one attached hydrogen (secondary N) is 1. The third kappa shape index (κ3) is 2.01. The first-order valence-electron chi connectivity index (χ1n) is 5.02. The molecule has 0 unspecified atom stereocenters. The number of rotatable bonds is 3. The molecule has 0 amide bonds. The minimum Gasteiger partial charge on any atom is -0.365 e. The second-order valence-corrected chi connectivity index (χ2v) is 3.98. The topological polar surface area (TPSA) is 41.0 Å². The van der Waals surface area contributed by atoms with Crippen molar-refractivity contribution in [2.45, 2.75) is 25.9 Å². The Kier molecular flexibility index (Phi) is 2.63. The zero-order valence-corrected chi connectivity index (χ0v) is 8.64. The molecule has 1 aromatic heterocycles. The van der Waals surface area contributed by atoms with Gasteiger partial charge in [-0.05, 0) is 19.9 Å². The van der Waals surface area contributed by atoms with E-state index in [4.69, 9.17) is 0 Å². The van der Waals surface area contributed by atoms with E-state index in [1.165, 1.54) is 0 Å². The molecule has 14 heavy (non-hydrogen) atoms. The molecule has 0 saturated carbocycles. The van der Waals surface area contributed by atoms with E-state index in [2.05, 4.69) is 34.0 Å². The largest absolute Gasteiger partial charge is 0.365 e. The fourth-order valence-electron chi connectivity index (χ4n) is 1.61. The lowest BCUT2D eigenvalue weighted by molar-refractivity contribution is 0.122. The third-order valence-electron chi connectivity index (χ3n) is 2.57. The van der Waals surface area contributed by atoms with Crippen molar-refractivity contribution in [3.63, 3.8) is 0 Å². The fraction of sp³-hybridized carbons (Fsp3) is 0.600. The van der Waals surface area contributed by atoms with E-state index in [1.807, 2.05) is 6.07 Å². The molecule has 0 aromatic carbocycles. The Labute approximate surface area is 85.8 Å². The molecule has 2 heterocycles. The molecule has 2 rings (SSSR count). The highest BCUT2D eigenvalue weighted by Gasteiger charge is 2.28.